The molecule has 5 heteroatoms. The molecule has 7 atom stereocenters. The van der Waals surface area contributed by atoms with Crippen LogP contribution in [-0.4, -0.2) is 23.6 Å². The summed E-state index contributed by atoms with van der Waals surface area (Å²) in [4.78, 5) is 23.7. The van der Waals surface area contributed by atoms with Crippen LogP contribution in [0.25, 0.3) is 0 Å². The fraction of sp³-hybridized carbons (Fsp3) is 0.933. The first-order valence-electron chi connectivity index (χ1n) is 7.71. The second kappa shape index (κ2) is 3.96. The van der Waals surface area contributed by atoms with E-state index in [1.165, 1.54) is 0 Å². The summed E-state index contributed by atoms with van der Waals surface area (Å²) in [5.74, 6) is -0.137. The fourth-order valence-corrected chi connectivity index (χ4v) is 4.76. The highest BCUT2D eigenvalue weighted by Crippen LogP contribution is 2.59. The van der Waals surface area contributed by atoms with Gasteiger partial charge in [-0.2, -0.15) is 0 Å². The topological polar surface area (TPSA) is 54.0 Å². The molecule has 0 aromatic rings. The molecule has 20 heavy (non-hydrogen) atoms. The average molecular weight is 282 g/mol. The van der Waals surface area contributed by atoms with E-state index in [9.17, 15) is 4.79 Å². The summed E-state index contributed by atoms with van der Waals surface area (Å²) in [5.41, 5.74) is -0.610. The molecule has 2 bridgehead atoms. The summed E-state index contributed by atoms with van der Waals surface area (Å²) >= 11 is 0. The Morgan fingerprint density at radius 3 is 2.70 bits per heavy atom. The number of hydrogen-bond acceptors (Lipinski definition) is 5. The molecule has 112 valence electrons. The molecule has 1 aliphatic carbocycles. The Balaban J connectivity index is 1.84. The van der Waals surface area contributed by atoms with Gasteiger partial charge in [-0.3, -0.25) is 4.79 Å². The highest BCUT2D eigenvalue weighted by Gasteiger charge is 2.69. The van der Waals surface area contributed by atoms with E-state index in [1.54, 1.807) is 0 Å². The first kappa shape index (κ1) is 13.0. The molecule has 0 radical (unpaired) electrons. The van der Waals surface area contributed by atoms with Crippen molar-refractivity contribution >= 4 is 5.97 Å². The van der Waals surface area contributed by atoms with E-state index in [0.29, 0.717) is 11.8 Å². The number of fused-ring (bicyclic) bond motifs is 2. The SMILES string of the molecule is C[C@@H]1CCC2[C@@H](C)C(=O)O[C@@H]3O[C@]4(C)CCC1[C@@]23OO4. The van der Waals surface area contributed by atoms with Gasteiger partial charge in [-0.05, 0) is 32.1 Å². The number of ether oxygens (including phenoxy) is 2. The molecule has 5 aliphatic rings. The smallest absolute Gasteiger partial charge is 0.311 e. The van der Waals surface area contributed by atoms with Gasteiger partial charge in [-0.25, -0.2) is 9.78 Å². The second-order valence-electron chi connectivity index (χ2n) is 7.14. The minimum absolute atomic E-state index is 0.123. The summed E-state index contributed by atoms with van der Waals surface area (Å²) < 4.78 is 11.6. The van der Waals surface area contributed by atoms with Crippen molar-refractivity contribution in [2.45, 2.75) is 64.1 Å². The maximum absolute atomic E-state index is 12.1. The Labute approximate surface area is 118 Å². The van der Waals surface area contributed by atoms with Gasteiger partial charge in [0.1, 0.15) is 0 Å². The highest BCUT2D eigenvalue weighted by atomic mass is 17.3. The van der Waals surface area contributed by atoms with Crippen molar-refractivity contribution < 1.29 is 24.0 Å². The van der Waals surface area contributed by atoms with Crippen LogP contribution in [0.15, 0.2) is 0 Å². The predicted octanol–water partition coefficient (Wildman–Crippen LogP) is 2.39. The third kappa shape index (κ3) is 1.46. The van der Waals surface area contributed by atoms with Crippen molar-refractivity contribution in [1.82, 2.24) is 0 Å². The molecule has 1 spiro atoms. The fourth-order valence-electron chi connectivity index (χ4n) is 4.76. The van der Waals surface area contributed by atoms with Crippen LogP contribution in [0, 0.1) is 23.7 Å². The minimum atomic E-state index is -0.793. The summed E-state index contributed by atoms with van der Waals surface area (Å²) in [7, 11) is 0. The molecule has 4 heterocycles. The molecular weight excluding hydrogens is 260 g/mol. The normalized spacial score (nSPS) is 57.8. The van der Waals surface area contributed by atoms with Crippen molar-refractivity contribution in [2.75, 3.05) is 0 Å². The van der Waals surface area contributed by atoms with Gasteiger partial charge in [0.05, 0.1) is 5.92 Å². The van der Waals surface area contributed by atoms with Crippen LogP contribution in [-0.2, 0) is 24.0 Å². The number of esters is 1. The Morgan fingerprint density at radius 1 is 1.10 bits per heavy atom. The van der Waals surface area contributed by atoms with Crippen molar-refractivity contribution in [3.8, 4) is 0 Å². The molecule has 0 amide bonds. The van der Waals surface area contributed by atoms with Crippen molar-refractivity contribution in [1.29, 1.82) is 0 Å². The van der Waals surface area contributed by atoms with Crippen LogP contribution < -0.4 is 0 Å². The molecule has 4 aliphatic heterocycles. The van der Waals surface area contributed by atoms with Gasteiger partial charge in [-0.1, -0.05) is 13.8 Å². The van der Waals surface area contributed by atoms with Crippen LogP contribution in [0.5, 0.6) is 0 Å². The van der Waals surface area contributed by atoms with E-state index in [4.69, 9.17) is 19.2 Å². The third-order valence-corrected chi connectivity index (χ3v) is 5.97. The van der Waals surface area contributed by atoms with Gasteiger partial charge in [0.2, 0.25) is 12.1 Å². The number of hydrogen-bond donors (Lipinski definition) is 0. The molecule has 4 saturated heterocycles. The average Bonchev–Trinajstić information content (AvgIpc) is 2.63. The highest BCUT2D eigenvalue weighted by molar-refractivity contribution is 5.74. The van der Waals surface area contributed by atoms with Gasteiger partial charge in [0.15, 0.2) is 5.60 Å². The largest absolute Gasteiger partial charge is 0.432 e. The number of carbonyl (C=O) groups is 1. The van der Waals surface area contributed by atoms with Crippen molar-refractivity contribution in [3.05, 3.63) is 0 Å². The molecule has 2 unspecified atom stereocenters. The second-order valence-corrected chi connectivity index (χ2v) is 7.14. The monoisotopic (exact) mass is 282 g/mol. The maximum atomic E-state index is 12.1. The van der Waals surface area contributed by atoms with E-state index in [-0.39, 0.29) is 17.8 Å². The van der Waals surface area contributed by atoms with Crippen LogP contribution in [0.3, 0.4) is 0 Å². The quantitative estimate of drug-likeness (QED) is 0.504. The first-order valence-corrected chi connectivity index (χ1v) is 7.71. The van der Waals surface area contributed by atoms with Gasteiger partial charge < -0.3 is 9.47 Å². The molecule has 5 nitrogen and oxygen atoms in total. The molecule has 5 rings (SSSR count). The van der Waals surface area contributed by atoms with E-state index in [1.807, 2.05) is 13.8 Å². The Hall–Kier alpha value is -0.650. The molecule has 5 fully saturated rings. The van der Waals surface area contributed by atoms with Gasteiger partial charge in [-0.15, -0.1) is 0 Å². The van der Waals surface area contributed by atoms with Gasteiger partial charge in [0.25, 0.3) is 0 Å². The minimum Gasteiger partial charge on any atom is -0.432 e. The van der Waals surface area contributed by atoms with Crippen LogP contribution >= 0.6 is 0 Å². The van der Waals surface area contributed by atoms with Crippen LogP contribution in [0.4, 0.5) is 0 Å². The molecule has 0 aromatic heterocycles. The Bertz CT molecular complexity index is 452. The molecule has 1 saturated carbocycles. The lowest BCUT2D eigenvalue weighted by molar-refractivity contribution is -0.559. The predicted molar refractivity (Wildman–Crippen MR) is 68.0 cm³/mol. The number of rotatable bonds is 0. The van der Waals surface area contributed by atoms with Crippen LogP contribution in [0.1, 0.15) is 46.5 Å². The van der Waals surface area contributed by atoms with E-state index >= 15 is 0 Å². The van der Waals surface area contributed by atoms with E-state index in [0.717, 1.165) is 25.7 Å². The van der Waals surface area contributed by atoms with Crippen LogP contribution in [0.2, 0.25) is 0 Å². The van der Waals surface area contributed by atoms with Crippen molar-refractivity contribution in [3.63, 3.8) is 0 Å². The van der Waals surface area contributed by atoms with Crippen molar-refractivity contribution in [2.24, 2.45) is 23.7 Å². The Kier molecular flexibility index (Phi) is 2.58. The zero-order valence-corrected chi connectivity index (χ0v) is 12.3. The molecule has 0 N–H and O–H groups in total. The number of carbonyl (C=O) groups excluding carboxylic acids is 1. The third-order valence-electron chi connectivity index (χ3n) is 5.97. The lowest BCUT2D eigenvalue weighted by atomic mass is 9.58. The lowest BCUT2D eigenvalue weighted by Crippen LogP contribution is -2.69. The zero-order valence-electron chi connectivity index (χ0n) is 12.3. The first-order chi connectivity index (χ1) is 9.46. The van der Waals surface area contributed by atoms with Gasteiger partial charge >= 0.3 is 5.97 Å². The van der Waals surface area contributed by atoms with Gasteiger partial charge in [0, 0.05) is 18.3 Å². The maximum Gasteiger partial charge on any atom is 0.311 e. The van der Waals surface area contributed by atoms with E-state index in [2.05, 4.69) is 6.92 Å². The molecular formula is C15H22O5. The standard InChI is InChI=1S/C15H22O5/c1-8-4-5-11-9(2)12(16)17-13-15(11)10(8)6-7-14(3,18-13)19-20-15/h8-11,13H,4-7H2,1-3H3/t8-,9-,10?,11?,13-,14+,15-/m1/s1. The summed E-state index contributed by atoms with van der Waals surface area (Å²) in [5, 5.41) is 0. The summed E-state index contributed by atoms with van der Waals surface area (Å²) in [6.45, 7) is 6.06. The molecule has 0 aromatic carbocycles. The zero-order chi connectivity index (χ0) is 14.1. The van der Waals surface area contributed by atoms with E-state index < -0.39 is 17.7 Å². The summed E-state index contributed by atoms with van der Waals surface area (Å²) in [6, 6.07) is 0. The summed E-state index contributed by atoms with van der Waals surface area (Å²) in [6.07, 6.45) is 3.24. The Morgan fingerprint density at radius 2 is 1.90 bits per heavy atom. The lowest BCUT2D eigenvalue weighted by Gasteiger charge is -2.57.